The van der Waals surface area contributed by atoms with Crippen molar-refractivity contribution in [1.29, 1.82) is 0 Å². The number of carbonyl (C=O) groups is 1. The van der Waals surface area contributed by atoms with Gasteiger partial charge < -0.3 is 15.2 Å². The Labute approximate surface area is 130 Å². The van der Waals surface area contributed by atoms with E-state index in [1.54, 1.807) is 24.5 Å². The second kappa shape index (κ2) is 7.17. The number of hydrogen-bond acceptors (Lipinski definition) is 5. The second-order valence-electron chi connectivity index (χ2n) is 6.02. The van der Waals surface area contributed by atoms with Crippen molar-refractivity contribution >= 4 is 5.91 Å². The summed E-state index contributed by atoms with van der Waals surface area (Å²) < 4.78 is 5.39. The molecule has 1 amide bonds. The summed E-state index contributed by atoms with van der Waals surface area (Å²) in [5, 5.41) is 13.3. The van der Waals surface area contributed by atoms with Crippen molar-refractivity contribution in [3.8, 4) is 0 Å². The minimum absolute atomic E-state index is 0.170. The molecule has 3 heterocycles. The molecule has 2 aliphatic rings. The number of aliphatic hydroxyl groups is 1. The lowest BCUT2D eigenvalue weighted by atomic mass is 9.97. The molecule has 0 aliphatic carbocycles. The number of amides is 1. The molecular weight excluding hydrogens is 282 g/mol. The number of pyridine rings is 1. The lowest BCUT2D eigenvalue weighted by Gasteiger charge is -2.41. The number of hydrogen-bond donors (Lipinski definition) is 2. The van der Waals surface area contributed by atoms with Gasteiger partial charge >= 0.3 is 0 Å². The summed E-state index contributed by atoms with van der Waals surface area (Å²) in [6.07, 6.45) is 5.47. The maximum Gasteiger partial charge on any atom is 0.253 e. The summed E-state index contributed by atoms with van der Waals surface area (Å²) in [6.45, 7) is 3.12. The molecule has 0 saturated carbocycles. The first-order valence-corrected chi connectivity index (χ1v) is 7.95. The second-order valence-corrected chi connectivity index (χ2v) is 6.02. The molecule has 1 aromatic rings. The molecule has 2 aliphatic heterocycles. The third-order valence-corrected chi connectivity index (χ3v) is 4.56. The predicted molar refractivity (Wildman–Crippen MR) is 81.5 cm³/mol. The van der Waals surface area contributed by atoms with Gasteiger partial charge in [0.1, 0.15) is 0 Å². The molecule has 3 rings (SSSR count). The maximum atomic E-state index is 12.1. The van der Waals surface area contributed by atoms with Crippen molar-refractivity contribution in [1.82, 2.24) is 15.2 Å². The highest BCUT2D eigenvalue weighted by Gasteiger charge is 2.32. The zero-order valence-corrected chi connectivity index (χ0v) is 12.6. The summed E-state index contributed by atoms with van der Waals surface area (Å²) in [5.74, 6) is -0.170. The van der Waals surface area contributed by atoms with Crippen molar-refractivity contribution in [2.45, 2.75) is 37.5 Å². The van der Waals surface area contributed by atoms with E-state index in [1.807, 2.05) is 0 Å². The number of rotatable bonds is 3. The van der Waals surface area contributed by atoms with Crippen LogP contribution in [0.2, 0.25) is 0 Å². The minimum atomic E-state index is -0.530. The van der Waals surface area contributed by atoms with Crippen LogP contribution in [0.1, 0.15) is 29.6 Å². The molecule has 2 N–H and O–H groups in total. The van der Waals surface area contributed by atoms with Gasteiger partial charge in [0.25, 0.3) is 5.91 Å². The van der Waals surface area contributed by atoms with Gasteiger partial charge in [-0.3, -0.25) is 14.7 Å². The van der Waals surface area contributed by atoms with E-state index in [4.69, 9.17) is 4.74 Å². The summed E-state index contributed by atoms with van der Waals surface area (Å²) in [6, 6.07) is 3.77. The first-order chi connectivity index (χ1) is 10.7. The Morgan fingerprint density at radius 3 is 2.86 bits per heavy atom. The van der Waals surface area contributed by atoms with E-state index in [0.29, 0.717) is 18.2 Å². The molecule has 6 heteroatoms. The van der Waals surface area contributed by atoms with E-state index in [0.717, 1.165) is 39.0 Å². The zero-order valence-electron chi connectivity index (χ0n) is 12.6. The Morgan fingerprint density at radius 2 is 2.18 bits per heavy atom. The first kappa shape index (κ1) is 15.4. The van der Waals surface area contributed by atoms with Crippen LogP contribution in [0, 0.1) is 0 Å². The van der Waals surface area contributed by atoms with E-state index < -0.39 is 6.10 Å². The third kappa shape index (κ3) is 3.63. The number of β-amino-alcohol motifs (C(OH)–C–C–N with tert-alkyl or cyclic N) is 1. The van der Waals surface area contributed by atoms with Gasteiger partial charge in [-0.25, -0.2) is 0 Å². The molecule has 0 bridgehead atoms. The summed E-state index contributed by atoms with van der Waals surface area (Å²) in [4.78, 5) is 18.4. The fourth-order valence-electron chi connectivity index (χ4n) is 3.26. The Kier molecular flexibility index (Phi) is 5.02. The van der Waals surface area contributed by atoms with Crippen LogP contribution in [0.5, 0.6) is 0 Å². The van der Waals surface area contributed by atoms with Crippen LogP contribution < -0.4 is 5.32 Å². The van der Waals surface area contributed by atoms with Crippen LogP contribution in [0.15, 0.2) is 24.5 Å². The fraction of sp³-hybridized carbons (Fsp3) is 0.625. The molecule has 2 atom stereocenters. The topological polar surface area (TPSA) is 74.7 Å². The van der Waals surface area contributed by atoms with Crippen molar-refractivity contribution < 1.29 is 14.6 Å². The molecule has 0 unspecified atom stereocenters. The number of aliphatic hydroxyl groups excluding tert-OH is 1. The van der Waals surface area contributed by atoms with Crippen molar-refractivity contribution in [2.75, 3.05) is 26.3 Å². The number of ether oxygens (including phenoxy) is 1. The fourth-order valence-corrected chi connectivity index (χ4v) is 3.26. The Morgan fingerprint density at radius 1 is 1.36 bits per heavy atom. The third-order valence-electron chi connectivity index (χ3n) is 4.56. The van der Waals surface area contributed by atoms with Gasteiger partial charge in [0.05, 0.1) is 17.7 Å². The van der Waals surface area contributed by atoms with Gasteiger partial charge in [0.15, 0.2) is 0 Å². The standard InChI is InChI=1S/C16H23N3O3/c20-15-11-19(13-4-8-22-9-5-13)7-3-14(15)18-16(21)12-2-1-6-17-10-12/h1-2,6,10,13-15,20H,3-5,7-9,11H2,(H,18,21)/t14-,15-/m1/s1. The van der Waals surface area contributed by atoms with Crippen LogP contribution in [0.4, 0.5) is 0 Å². The molecule has 2 fully saturated rings. The normalized spacial score (nSPS) is 27.5. The number of carbonyl (C=O) groups excluding carboxylic acids is 1. The molecule has 0 spiro atoms. The first-order valence-electron chi connectivity index (χ1n) is 7.95. The van der Waals surface area contributed by atoms with E-state index in [9.17, 15) is 9.90 Å². The molecule has 1 aromatic heterocycles. The van der Waals surface area contributed by atoms with Crippen LogP contribution >= 0.6 is 0 Å². The largest absolute Gasteiger partial charge is 0.390 e. The number of likely N-dealkylation sites (tertiary alicyclic amines) is 1. The van der Waals surface area contributed by atoms with Gasteiger partial charge in [-0.2, -0.15) is 0 Å². The van der Waals surface area contributed by atoms with Crippen LogP contribution in [-0.2, 0) is 4.74 Å². The van der Waals surface area contributed by atoms with Gasteiger partial charge in [0.2, 0.25) is 0 Å². The maximum absolute atomic E-state index is 12.1. The smallest absolute Gasteiger partial charge is 0.253 e. The van der Waals surface area contributed by atoms with Crippen LogP contribution in [-0.4, -0.2) is 65.4 Å². The predicted octanol–water partition coefficient (Wildman–Crippen LogP) is 0.426. The van der Waals surface area contributed by atoms with E-state index >= 15 is 0 Å². The average molecular weight is 305 g/mol. The molecule has 22 heavy (non-hydrogen) atoms. The summed E-state index contributed by atoms with van der Waals surface area (Å²) in [7, 11) is 0. The molecule has 2 saturated heterocycles. The molecule has 6 nitrogen and oxygen atoms in total. The molecule has 0 aromatic carbocycles. The summed E-state index contributed by atoms with van der Waals surface area (Å²) in [5.41, 5.74) is 0.529. The number of nitrogens with zero attached hydrogens (tertiary/aromatic N) is 2. The number of aromatic nitrogens is 1. The molecule has 120 valence electrons. The molecular formula is C16H23N3O3. The SMILES string of the molecule is O=C(N[C@@H]1CCN(C2CCOCC2)C[C@H]1O)c1cccnc1. The van der Waals surface area contributed by atoms with Gasteiger partial charge in [-0.05, 0) is 31.4 Å². The van der Waals surface area contributed by atoms with Crippen molar-refractivity contribution in [2.24, 2.45) is 0 Å². The molecule has 0 radical (unpaired) electrons. The van der Waals surface area contributed by atoms with Crippen molar-refractivity contribution in [3.63, 3.8) is 0 Å². The highest BCUT2D eigenvalue weighted by Crippen LogP contribution is 2.20. The minimum Gasteiger partial charge on any atom is -0.390 e. The van der Waals surface area contributed by atoms with Gasteiger partial charge in [-0.1, -0.05) is 0 Å². The van der Waals surface area contributed by atoms with Crippen LogP contribution in [0.25, 0.3) is 0 Å². The lowest BCUT2D eigenvalue weighted by Crippen LogP contribution is -2.56. The number of piperidine rings is 1. The van der Waals surface area contributed by atoms with E-state index in [1.165, 1.54) is 0 Å². The zero-order chi connectivity index (χ0) is 15.4. The van der Waals surface area contributed by atoms with Crippen LogP contribution in [0.3, 0.4) is 0 Å². The Bertz CT molecular complexity index is 491. The highest BCUT2D eigenvalue weighted by atomic mass is 16.5. The highest BCUT2D eigenvalue weighted by molar-refractivity contribution is 5.94. The Balaban J connectivity index is 1.53. The quantitative estimate of drug-likeness (QED) is 0.847. The van der Waals surface area contributed by atoms with E-state index in [-0.39, 0.29) is 11.9 Å². The Hall–Kier alpha value is -1.50. The average Bonchev–Trinajstić information content (AvgIpc) is 2.58. The summed E-state index contributed by atoms with van der Waals surface area (Å²) >= 11 is 0. The van der Waals surface area contributed by atoms with Gasteiger partial charge in [-0.15, -0.1) is 0 Å². The van der Waals surface area contributed by atoms with Gasteiger partial charge in [0, 0.05) is 44.7 Å². The lowest BCUT2D eigenvalue weighted by molar-refractivity contribution is -0.0159. The van der Waals surface area contributed by atoms with Crippen molar-refractivity contribution in [3.05, 3.63) is 30.1 Å². The van der Waals surface area contributed by atoms with E-state index in [2.05, 4.69) is 15.2 Å². The monoisotopic (exact) mass is 305 g/mol. The number of nitrogens with one attached hydrogen (secondary N) is 1.